The van der Waals surface area contributed by atoms with E-state index in [1.54, 1.807) is 19.5 Å². The fraction of sp³-hybridized carbons (Fsp3) is 0.143. The van der Waals surface area contributed by atoms with Gasteiger partial charge in [0.15, 0.2) is 0 Å². The minimum atomic E-state index is -0.0497. The summed E-state index contributed by atoms with van der Waals surface area (Å²) in [6, 6.07) is 10.9. The van der Waals surface area contributed by atoms with Gasteiger partial charge in [-0.3, -0.25) is 9.78 Å². The number of methoxy groups -OCH3 is 1. The van der Waals surface area contributed by atoms with E-state index in [0.717, 1.165) is 17.0 Å². The van der Waals surface area contributed by atoms with Crippen LogP contribution in [0.25, 0.3) is 0 Å². The molecule has 1 amide bonds. The van der Waals surface area contributed by atoms with Crippen LogP contribution >= 0.6 is 0 Å². The molecule has 4 nitrogen and oxygen atoms in total. The number of amides is 1. The van der Waals surface area contributed by atoms with Crippen molar-refractivity contribution in [1.82, 2.24) is 4.98 Å². The lowest BCUT2D eigenvalue weighted by Crippen LogP contribution is -2.14. The zero-order valence-corrected chi connectivity index (χ0v) is 10.1. The molecule has 0 fully saturated rings. The van der Waals surface area contributed by atoms with E-state index in [2.05, 4.69) is 10.3 Å². The number of aromatic nitrogens is 1. The van der Waals surface area contributed by atoms with Crippen molar-refractivity contribution in [2.75, 3.05) is 12.4 Å². The highest BCUT2D eigenvalue weighted by Gasteiger charge is 2.03. The molecule has 2 aromatic rings. The molecule has 0 radical (unpaired) electrons. The number of ether oxygens (including phenoxy) is 1. The summed E-state index contributed by atoms with van der Waals surface area (Å²) in [7, 11) is 1.61. The van der Waals surface area contributed by atoms with Gasteiger partial charge in [-0.05, 0) is 42.0 Å². The molecule has 0 aliphatic rings. The van der Waals surface area contributed by atoms with Gasteiger partial charge < -0.3 is 10.1 Å². The van der Waals surface area contributed by atoms with Crippen molar-refractivity contribution >= 4 is 11.6 Å². The highest BCUT2D eigenvalue weighted by molar-refractivity contribution is 5.92. The van der Waals surface area contributed by atoms with Crippen LogP contribution in [-0.2, 0) is 11.2 Å². The van der Waals surface area contributed by atoms with Gasteiger partial charge >= 0.3 is 0 Å². The summed E-state index contributed by atoms with van der Waals surface area (Å²) in [5.41, 5.74) is 1.70. The van der Waals surface area contributed by atoms with Gasteiger partial charge in [-0.2, -0.15) is 0 Å². The van der Waals surface area contributed by atoms with Gasteiger partial charge in [0.05, 0.1) is 13.5 Å². The highest BCUT2D eigenvalue weighted by Crippen LogP contribution is 2.15. The molecule has 1 heterocycles. The monoisotopic (exact) mass is 242 g/mol. The predicted molar refractivity (Wildman–Crippen MR) is 69.6 cm³/mol. The van der Waals surface area contributed by atoms with Crippen LogP contribution in [0.1, 0.15) is 5.56 Å². The molecule has 0 atom stereocenters. The summed E-state index contributed by atoms with van der Waals surface area (Å²) < 4.78 is 5.05. The quantitative estimate of drug-likeness (QED) is 0.894. The Morgan fingerprint density at radius 3 is 2.44 bits per heavy atom. The van der Waals surface area contributed by atoms with Crippen LogP contribution in [0.4, 0.5) is 5.69 Å². The van der Waals surface area contributed by atoms with Crippen LogP contribution in [0.2, 0.25) is 0 Å². The van der Waals surface area contributed by atoms with Gasteiger partial charge in [-0.1, -0.05) is 0 Å². The molecule has 0 aliphatic carbocycles. The molecule has 0 unspecified atom stereocenters. The number of carbonyl (C=O) groups excluding carboxylic acids is 1. The van der Waals surface area contributed by atoms with Crippen molar-refractivity contribution < 1.29 is 9.53 Å². The van der Waals surface area contributed by atoms with E-state index < -0.39 is 0 Å². The molecule has 0 saturated carbocycles. The van der Waals surface area contributed by atoms with Gasteiger partial charge in [0, 0.05) is 18.1 Å². The van der Waals surface area contributed by atoms with Crippen molar-refractivity contribution in [2.24, 2.45) is 0 Å². The first-order valence-electron chi connectivity index (χ1n) is 5.61. The molecule has 0 saturated heterocycles. The molecule has 18 heavy (non-hydrogen) atoms. The Bertz CT molecular complexity index is 509. The molecular weight excluding hydrogens is 228 g/mol. The Kier molecular flexibility index (Phi) is 3.91. The molecule has 92 valence electrons. The van der Waals surface area contributed by atoms with Crippen molar-refractivity contribution in [1.29, 1.82) is 0 Å². The summed E-state index contributed by atoms with van der Waals surface area (Å²) in [6.07, 6.45) is 3.69. The van der Waals surface area contributed by atoms with E-state index in [1.807, 2.05) is 36.4 Å². The third-order valence-corrected chi connectivity index (χ3v) is 2.49. The van der Waals surface area contributed by atoms with Gasteiger partial charge in [0.2, 0.25) is 5.91 Å². The maximum absolute atomic E-state index is 11.8. The molecule has 1 aromatic carbocycles. The van der Waals surface area contributed by atoms with E-state index in [4.69, 9.17) is 4.74 Å². The van der Waals surface area contributed by atoms with E-state index in [-0.39, 0.29) is 5.91 Å². The second-order valence-corrected chi connectivity index (χ2v) is 3.81. The number of benzene rings is 1. The third-order valence-electron chi connectivity index (χ3n) is 2.49. The van der Waals surface area contributed by atoms with Gasteiger partial charge in [0.1, 0.15) is 5.75 Å². The van der Waals surface area contributed by atoms with Crippen LogP contribution in [0.15, 0.2) is 48.8 Å². The molecule has 0 bridgehead atoms. The normalized spacial score (nSPS) is 9.83. The van der Waals surface area contributed by atoms with Gasteiger partial charge in [0.25, 0.3) is 0 Å². The van der Waals surface area contributed by atoms with Gasteiger partial charge in [-0.15, -0.1) is 0 Å². The lowest BCUT2D eigenvalue weighted by atomic mass is 10.2. The fourth-order valence-electron chi connectivity index (χ4n) is 1.57. The zero-order chi connectivity index (χ0) is 12.8. The van der Waals surface area contributed by atoms with Crippen molar-refractivity contribution in [3.05, 3.63) is 54.4 Å². The molecule has 1 N–H and O–H groups in total. The Labute approximate surface area is 106 Å². The number of nitrogens with zero attached hydrogens (tertiary/aromatic N) is 1. The summed E-state index contributed by atoms with van der Waals surface area (Å²) in [4.78, 5) is 15.7. The first-order valence-corrected chi connectivity index (χ1v) is 5.61. The van der Waals surface area contributed by atoms with E-state index in [0.29, 0.717) is 6.42 Å². The Morgan fingerprint density at radius 1 is 1.17 bits per heavy atom. The first-order chi connectivity index (χ1) is 8.78. The highest BCUT2D eigenvalue weighted by atomic mass is 16.5. The van der Waals surface area contributed by atoms with Crippen LogP contribution in [-0.4, -0.2) is 18.0 Å². The number of nitrogens with one attached hydrogen (secondary N) is 1. The van der Waals surface area contributed by atoms with Crippen LogP contribution in [0, 0.1) is 0 Å². The zero-order valence-electron chi connectivity index (χ0n) is 10.1. The maximum atomic E-state index is 11.8. The molecule has 2 rings (SSSR count). The number of anilines is 1. The number of hydrogen-bond donors (Lipinski definition) is 1. The summed E-state index contributed by atoms with van der Waals surface area (Å²) in [6.45, 7) is 0. The Hall–Kier alpha value is -2.36. The SMILES string of the molecule is COc1ccc(NC(=O)Cc2ccncc2)cc1. The Balaban J connectivity index is 1.94. The Morgan fingerprint density at radius 2 is 1.83 bits per heavy atom. The van der Waals surface area contributed by atoms with Crippen LogP contribution in [0.3, 0.4) is 0 Å². The van der Waals surface area contributed by atoms with Crippen molar-refractivity contribution in [3.63, 3.8) is 0 Å². The summed E-state index contributed by atoms with van der Waals surface area (Å²) >= 11 is 0. The van der Waals surface area contributed by atoms with Crippen molar-refractivity contribution in [2.45, 2.75) is 6.42 Å². The fourth-order valence-corrected chi connectivity index (χ4v) is 1.57. The van der Waals surface area contributed by atoms with Crippen LogP contribution < -0.4 is 10.1 Å². The summed E-state index contributed by atoms with van der Waals surface area (Å²) in [5.74, 6) is 0.716. The van der Waals surface area contributed by atoms with Crippen molar-refractivity contribution in [3.8, 4) is 5.75 Å². The molecule has 4 heteroatoms. The average Bonchev–Trinajstić information content (AvgIpc) is 2.40. The number of pyridine rings is 1. The van der Waals surface area contributed by atoms with E-state index in [1.165, 1.54) is 0 Å². The van der Waals surface area contributed by atoms with E-state index >= 15 is 0 Å². The number of hydrogen-bond acceptors (Lipinski definition) is 3. The molecule has 0 spiro atoms. The smallest absolute Gasteiger partial charge is 0.228 e. The first kappa shape index (κ1) is 12.1. The summed E-state index contributed by atoms with van der Waals surface area (Å²) in [5, 5.41) is 2.83. The van der Waals surface area contributed by atoms with Crippen LogP contribution in [0.5, 0.6) is 5.75 Å². The standard InChI is InChI=1S/C14H14N2O2/c1-18-13-4-2-12(3-5-13)16-14(17)10-11-6-8-15-9-7-11/h2-9H,10H2,1H3,(H,16,17). The lowest BCUT2D eigenvalue weighted by Gasteiger charge is -2.06. The molecule has 1 aromatic heterocycles. The number of rotatable bonds is 4. The molecular formula is C14H14N2O2. The average molecular weight is 242 g/mol. The minimum Gasteiger partial charge on any atom is -0.497 e. The van der Waals surface area contributed by atoms with E-state index in [9.17, 15) is 4.79 Å². The van der Waals surface area contributed by atoms with Gasteiger partial charge in [-0.25, -0.2) is 0 Å². The minimum absolute atomic E-state index is 0.0497. The maximum Gasteiger partial charge on any atom is 0.228 e. The second-order valence-electron chi connectivity index (χ2n) is 3.81. The largest absolute Gasteiger partial charge is 0.497 e. The third kappa shape index (κ3) is 3.31. The lowest BCUT2D eigenvalue weighted by molar-refractivity contribution is -0.115. The topological polar surface area (TPSA) is 51.2 Å². The molecule has 0 aliphatic heterocycles. The number of carbonyl (C=O) groups is 1. The predicted octanol–water partition coefficient (Wildman–Crippen LogP) is 2.27. The second kappa shape index (κ2) is 5.82.